The number of methoxy groups -OCH3 is 1. The molecule has 24 heavy (non-hydrogen) atoms. The molecule has 3 aromatic rings. The number of hydrogen-bond acceptors (Lipinski definition) is 3. The van der Waals surface area contributed by atoms with Crippen LogP contribution in [0, 0.1) is 0 Å². The largest absolute Gasteiger partial charge is 4.00 e. The number of ether oxygens (including phenoxy) is 2. The minimum absolute atomic E-state index is 0. The van der Waals surface area contributed by atoms with Crippen LogP contribution in [-0.2, 0) is 25.8 Å². The van der Waals surface area contributed by atoms with E-state index in [0.29, 0.717) is 13.2 Å². The van der Waals surface area contributed by atoms with Gasteiger partial charge in [0.2, 0.25) is 0 Å². The second kappa shape index (κ2) is 13.4. The van der Waals surface area contributed by atoms with Crippen LogP contribution < -0.4 is 29.6 Å². The third-order valence-electron chi connectivity index (χ3n) is 3.12. The van der Waals surface area contributed by atoms with Crippen molar-refractivity contribution in [3.05, 3.63) is 61.0 Å². The third kappa shape index (κ3) is 6.17. The predicted molar refractivity (Wildman–Crippen MR) is 87.2 cm³/mol. The molecular weight excluding hydrogens is 532 g/mol. The summed E-state index contributed by atoms with van der Waals surface area (Å²) in [6.07, 6.45) is 1.91. The van der Waals surface area contributed by atoms with E-state index >= 15 is 0 Å². The molecule has 0 atom stereocenters. The standard InChI is InChI=1S/C16H15NO2.2ClH.2H2N.Pt/c1-18-8-9-19-13-6-7-16-15(10-13)14-5-3-2-4-12(14)11-17-16;;;;;/h2-7,10-11H,8-9H2,1H3;2*1H;2*1H2;/q;;;2*-1;+4/p-2. The van der Waals surface area contributed by atoms with E-state index in [1.807, 2.05) is 36.5 Å². The van der Waals surface area contributed by atoms with Crippen LogP contribution in [0.3, 0.4) is 0 Å². The summed E-state index contributed by atoms with van der Waals surface area (Å²) in [6, 6.07) is 14.2. The van der Waals surface area contributed by atoms with Crippen LogP contribution >= 0.6 is 0 Å². The Morgan fingerprint density at radius 3 is 2.33 bits per heavy atom. The second-order valence-corrected chi connectivity index (χ2v) is 4.37. The van der Waals surface area contributed by atoms with Gasteiger partial charge in [0.15, 0.2) is 0 Å². The first-order chi connectivity index (χ1) is 9.38. The molecule has 3 rings (SSSR count). The number of nitrogens with zero attached hydrogens (tertiary/aromatic N) is 1. The first-order valence-corrected chi connectivity index (χ1v) is 6.28. The zero-order valence-corrected chi connectivity index (χ0v) is 16.8. The molecule has 0 fully saturated rings. The average molecular weight is 551 g/mol. The SMILES string of the molecule is COCCOc1ccc2ncc3ccccc3c2c1.[Cl-].[Cl-].[NH2-].[NH2-].[Pt+4]. The molecule has 0 aliphatic heterocycles. The van der Waals surface area contributed by atoms with Gasteiger partial charge in [0.1, 0.15) is 12.4 Å². The Kier molecular flexibility index (Phi) is 15.5. The van der Waals surface area contributed by atoms with Crippen LogP contribution in [0.5, 0.6) is 5.75 Å². The van der Waals surface area contributed by atoms with Crippen molar-refractivity contribution in [1.82, 2.24) is 4.98 Å². The molecule has 0 unspecified atom stereocenters. The Morgan fingerprint density at radius 1 is 0.917 bits per heavy atom. The van der Waals surface area contributed by atoms with Crippen molar-refractivity contribution >= 4 is 21.7 Å². The Hall–Kier alpha value is -0.942. The van der Waals surface area contributed by atoms with Gasteiger partial charge >= 0.3 is 21.1 Å². The fraction of sp³-hybridized carbons (Fsp3) is 0.188. The Labute approximate surface area is 168 Å². The van der Waals surface area contributed by atoms with Gasteiger partial charge in [-0.1, -0.05) is 24.3 Å². The number of halogens is 2. The van der Waals surface area contributed by atoms with Crippen molar-refractivity contribution in [2.45, 2.75) is 0 Å². The topological polar surface area (TPSA) is 98.3 Å². The van der Waals surface area contributed by atoms with Gasteiger partial charge in [-0.2, -0.15) is 0 Å². The van der Waals surface area contributed by atoms with Gasteiger partial charge in [-0.25, -0.2) is 0 Å². The quantitative estimate of drug-likeness (QED) is 0.303. The van der Waals surface area contributed by atoms with Gasteiger partial charge in [0.25, 0.3) is 0 Å². The molecule has 0 aliphatic rings. The van der Waals surface area contributed by atoms with Gasteiger partial charge in [-0.3, -0.25) is 4.98 Å². The van der Waals surface area contributed by atoms with Gasteiger partial charge in [0.05, 0.1) is 12.1 Å². The van der Waals surface area contributed by atoms with E-state index in [1.54, 1.807) is 7.11 Å². The molecule has 1 aromatic heterocycles. The Morgan fingerprint density at radius 2 is 1.62 bits per heavy atom. The second-order valence-electron chi connectivity index (χ2n) is 4.37. The molecular formula is C16H19Cl2N3O2Pt. The summed E-state index contributed by atoms with van der Waals surface area (Å²) < 4.78 is 10.6. The third-order valence-corrected chi connectivity index (χ3v) is 3.12. The zero-order valence-electron chi connectivity index (χ0n) is 13.0. The van der Waals surface area contributed by atoms with Crippen LogP contribution in [0.4, 0.5) is 0 Å². The van der Waals surface area contributed by atoms with Crippen LogP contribution in [0.2, 0.25) is 0 Å². The molecule has 0 saturated heterocycles. The summed E-state index contributed by atoms with van der Waals surface area (Å²) in [4.78, 5) is 4.47. The minimum atomic E-state index is 0. The number of hydrogen-bond donors (Lipinski definition) is 0. The van der Waals surface area contributed by atoms with Crippen LogP contribution in [0.15, 0.2) is 48.7 Å². The number of rotatable bonds is 4. The van der Waals surface area contributed by atoms with Crippen molar-refractivity contribution in [3.8, 4) is 5.75 Å². The number of nitrogens with two attached hydrogens (primary N) is 2. The van der Waals surface area contributed by atoms with E-state index in [2.05, 4.69) is 17.1 Å². The summed E-state index contributed by atoms with van der Waals surface area (Å²) in [5.41, 5.74) is 0.984. The molecule has 0 amide bonds. The number of pyridine rings is 1. The van der Waals surface area contributed by atoms with Gasteiger partial charge in [-0.05, 0) is 23.6 Å². The molecule has 8 heteroatoms. The van der Waals surface area contributed by atoms with E-state index in [4.69, 9.17) is 9.47 Å². The molecule has 0 radical (unpaired) electrons. The van der Waals surface area contributed by atoms with E-state index < -0.39 is 0 Å². The van der Waals surface area contributed by atoms with Crippen LogP contribution in [-0.4, -0.2) is 25.3 Å². The molecule has 1 heterocycles. The summed E-state index contributed by atoms with van der Waals surface area (Å²) >= 11 is 0. The normalized spacial score (nSPS) is 8.71. The van der Waals surface area contributed by atoms with Crippen LogP contribution in [0.1, 0.15) is 0 Å². The Bertz CT molecular complexity index is 732. The summed E-state index contributed by atoms with van der Waals surface area (Å²) in [6.45, 7) is 1.14. The Balaban J connectivity index is -0.000000882. The van der Waals surface area contributed by atoms with Crippen molar-refractivity contribution < 1.29 is 55.4 Å². The number of aromatic nitrogens is 1. The van der Waals surface area contributed by atoms with Crippen LogP contribution in [0.25, 0.3) is 34.0 Å². The van der Waals surface area contributed by atoms with Crippen molar-refractivity contribution in [3.63, 3.8) is 0 Å². The minimum Gasteiger partial charge on any atom is -1.00 e. The predicted octanol–water partition coefficient (Wildman–Crippen LogP) is -1.15. The number of benzene rings is 2. The first-order valence-electron chi connectivity index (χ1n) is 6.28. The van der Waals surface area contributed by atoms with E-state index in [1.165, 1.54) is 5.39 Å². The fourth-order valence-electron chi connectivity index (χ4n) is 2.17. The first kappa shape index (κ1) is 27.9. The molecule has 0 spiro atoms. The summed E-state index contributed by atoms with van der Waals surface area (Å²) in [7, 11) is 1.67. The molecule has 4 N–H and O–H groups in total. The summed E-state index contributed by atoms with van der Waals surface area (Å²) in [5.74, 6) is 0.850. The van der Waals surface area contributed by atoms with Crippen molar-refractivity contribution in [2.24, 2.45) is 0 Å². The zero-order chi connectivity index (χ0) is 13.1. The van der Waals surface area contributed by atoms with E-state index in [9.17, 15) is 0 Å². The smallest absolute Gasteiger partial charge is 1.00 e. The van der Waals surface area contributed by atoms with Crippen molar-refractivity contribution in [2.75, 3.05) is 20.3 Å². The molecule has 0 saturated carbocycles. The molecule has 134 valence electrons. The fourth-order valence-corrected chi connectivity index (χ4v) is 2.17. The van der Waals surface area contributed by atoms with E-state index in [0.717, 1.165) is 22.0 Å². The van der Waals surface area contributed by atoms with Crippen molar-refractivity contribution in [1.29, 1.82) is 0 Å². The molecule has 2 aromatic carbocycles. The molecule has 0 bridgehead atoms. The van der Waals surface area contributed by atoms with E-state index in [-0.39, 0.29) is 58.2 Å². The summed E-state index contributed by atoms with van der Waals surface area (Å²) in [5, 5.41) is 3.46. The maximum Gasteiger partial charge on any atom is 4.00 e. The molecule has 5 nitrogen and oxygen atoms in total. The van der Waals surface area contributed by atoms with Gasteiger partial charge < -0.3 is 46.6 Å². The van der Waals surface area contributed by atoms with Gasteiger partial charge in [-0.15, -0.1) is 0 Å². The average Bonchev–Trinajstić information content (AvgIpc) is 2.47. The number of fused-ring (bicyclic) bond motifs is 3. The maximum atomic E-state index is 5.65. The maximum absolute atomic E-state index is 5.65. The molecule has 0 aliphatic carbocycles. The van der Waals surface area contributed by atoms with Gasteiger partial charge in [0, 0.05) is 24.1 Å². The monoisotopic (exact) mass is 550 g/mol.